The molecule has 0 amide bonds. The zero-order valence-electron chi connectivity index (χ0n) is 16.3. The summed E-state index contributed by atoms with van der Waals surface area (Å²) in [7, 11) is 1.65. The molecule has 8 heteroatoms. The van der Waals surface area contributed by atoms with Crippen LogP contribution >= 0.6 is 0 Å². The highest BCUT2D eigenvalue weighted by Crippen LogP contribution is 2.19. The minimum atomic E-state index is -3.91. The number of carboxylic acids is 1. The molecule has 0 unspecified atom stereocenters. The summed E-state index contributed by atoms with van der Waals surface area (Å²) in [5, 5.41) is 11.0. The molecule has 2 aromatic rings. The van der Waals surface area contributed by atoms with Gasteiger partial charge in [0.15, 0.2) is 0 Å². The van der Waals surface area contributed by atoms with Crippen molar-refractivity contribution in [3.8, 4) is 5.75 Å². The molecule has 0 fully saturated rings. The van der Waals surface area contributed by atoms with Crippen LogP contribution in [0.5, 0.6) is 5.75 Å². The van der Waals surface area contributed by atoms with E-state index in [4.69, 9.17) is 4.74 Å². The van der Waals surface area contributed by atoms with Crippen molar-refractivity contribution >= 4 is 16.0 Å². The fourth-order valence-electron chi connectivity index (χ4n) is 2.77. The zero-order valence-corrected chi connectivity index (χ0v) is 17.1. The van der Waals surface area contributed by atoms with Gasteiger partial charge in [0.25, 0.3) is 0 Å². The number of carboxylic acid groups (broad SMARTS) is 1. The Balaban J connectivity index is 2.13. The van der Waals surface area contributed by atoms with Gasteiger partial charge in [0.1, 0.15) is 12.4 Å². The number of ether oxygens (including phenoxy) is 1. The van der Waals surface area contributed by atoms with Gasteiger partial charge >= 0.3 is 0 Å². The first-order chi connectivity index (χ1) is 13.0. The zero-order chi connectivity index (χ0) is 20.8. The molecule has 0 aliphatic heterocycles. The number of hydrogen-bond donors (Lipinski definition) is 1. The van der Waals surface area contributed by atoms with Crippen molar-refractivity contribution in [2.24, 2.45) is 0 Å². The van der Waals surface area contributed by atoms with Crippen LogP contribution in [0.3, 0.4) is 0 Å². The molecule has 7 nitrogen and oxygen atoms in total. The van der Waals surface area contributed by atoms with Gasteiger partial charge in [0, 0.05) is 18.5 Å². The van der Waals surface area contributed by atoms with Crippen molar-refractivity contribution < 1.29 is 27.5 Å². The van der Waals surface area contributed by atoms with E-state index in [0.29, 0.717) is 23.4 Å². The van der Waals surface area contributed by atoms with Crippen LogP contribution in [0.4, 0.5) is 0 Å². The summed E-state index contributed by atoms with van der Waals surface area (Å²) in [5.74, 6) is -0.893. The van der Waals surface area contributed by atoms with Crippen LogP contribution in [0, 0.1) is 0 Å². The number of nitrogens with one attached hydrogen (secondary N) is 1. The molecule has 0 heterocycles. The highest BCUT2D eigenvalue weighted by molar-refractivity contribution is 7.89. The highest BCUT2D eigenvalue weighted by Gasteiger charge is 2.25. The second kappa shape index (κ2) is 9.18. The van der Waals surface area contributed by atoms with Crippen LogP contribution in [0.15, 0.2) is 59.5 Å². The van der Waals surface area contributed by atoms with Gasteiger partial charge in [0.2, 0.25) is 10.0 Å². The molecule has 1 N–H and O–H groups in total. The van der Waals surface area contributed by atoms with Crippen LogP contribution in [-0.4, -0.2) is 52.6 Å². The summed E-state index contributed by atoms with van der Waals surface area (Å²) < 4.78 is 34.1. The molecule has 0 bridgehead atoms. The monoisotopic (exact) mass is 406 g/mol. The number of aliphatic carboxylic acids is 1. The molecule has 1 atom stereocenters. The molecule has 0 radical (unpaired) electrons. The smallest absolute Gasteiger partial charge is 0.241 e. The third kappa shape index (κ3) is 7.30. The van der Waals surface area contributed by atoms with E-state index in [2.05, 4.69) is 4.72 Å². The molecule has 28 heavy (non-hydrogen) atoms. The van der Waals surface area contributed by atoms with Crippen molar-refractivity contribution in [3.05, 3.63) is 60.2 Å². The highest BCUT2D eigenvalue weighted by atomic mass is 32.2. The third-order valence-corrected chi connectivity index (χ3v) is 5.39. The van der Waals surface area contributed by atoms with Crippen LogP contribution in [-0.2, 0) is 21.4 Å². The van der Waals surface area contributed by atoms with Crippen LogP contribution < -0.4 is 14.6 Å². The van der Waals surface area contributed by atoms with Crippen molar-refractivity contribution in [1.29, 1.82) is 0 Å². The third-order valence-electron chi connectivity index (χ3n) is 3.87. The number of quaternary nitrogens is 1. The van der Waals surface area contributed by atoms with Crippen LogP contribution in [0.25, 0.3) is 0 Å². The largest absolute Gasteiger partial charge is 0.550 e. The Bertz CT molecular complexity index is 892. The van der Waals surface area contributed by atoms with Crippen molar-refractivity contribution in [2.45, 2.75) is 24.0 Å². The summed E-state index contributed by atoms with van der Waals surface area (Å²) in [5.41, 5.74) is 0.964. The Kier molecular flexibility index (Phi) is 7.17. The van der Waals surface area contributed by atoms with Crippen molar-refractivity contribution in [3.63, 3.8) is 0 Å². The Hall–Kier alpha value is -2.42. The minimum absolute atomic E-state index is 0.0165. The topological polar surface area (TPSA) is 95.5 Å². The van der Waals surface area contributed by atoms with Gasteiger partial charge in [-0.2, -0.15) is 0 Å². The summed E-state index contributed by atoms with van der Waals surface area (Å²) in [6.07, 6.45) is -0.404. The standard InChI is InChI=1S/C20H26N2O5S/c1-22(2,3)14-17(12-20(23)24)21-28(25,26)19-11-7-10-18(13-19)27-15-16-8-5-4-6-9-16/h4-11,13,17,21H,12,14-15H2,1-3H3/t17-/m1/s1. The van der Waals surface area contributed by atoms with E-state index >= 15 is 0 Å². The SMILES string of the molecule is C[N+](C)(C)C[C@@H](CC(=O)[O-])NS(=O)(=O)c1cccc(OCc2ccccc2)c1. The quantitative estimate of drug-likeness (QED) is 0.588. The Labute approximate surface area is 166 Å². The number of carbonyl (C=O) groups excluding carboxylic acids is 1. The predicted molar refractivity (Wildman–Crippen MR) is 104 cm³/mol. The molecule has 2 rings (SSSR count). The fraction of sp³-hybridized carbons (Fsp3) is 0.350. The number of rotatable bonds is 10. The van der Waals surface area contributed by atoms with Crippen LogP contribution in [0.2, 0.25) is 0 Å². The van der Waals surface area contributed by atoms with E-state index in [1.165, 1.54) is 12.1 Å². The van der Waals surface area contributed by atoms with Gasteiger partial charge in [-0.3, -0.25) is 0 Å². The van der Waals surface area contributed by atoms with Gasteiger partial charge in [-0.15, -0.1) is 0 Å². The lowest BCUT2D eigenvalue weighted by atomic mass is 10.2. The van der Waals surface area contributed by atoms with Crippen molar-refractivity contribution in [2.75, 3.05) is 27.7 Å². The Morgan fingerprint density at radius 2 is 1.79 bits per heavy atom. The lowest BCUT2D eigenvalue weighted by molar-refractivity contribution is -0.871. The predicted octanol–water partition coefficient (Wildman–Crippen LogP) is 0.759. The summed E-state index contributed by atoms with van der Waals surface area (Å²) >= 11 is 0. The first-order valence-electron chi connectivity index (χ1n) is 8.84. The second-order valence-corrected chi connectivity index (χ2v) is 9.33. The number of carbonyl (C=O) groups is 1. The molecule has 0 aliphatic carbocycles. The molecule has 0 saturated heterocycles. The number of likely N-dealkylation sites (N-methyl/N-ethyl adjacent to an activating group) is 1. The molecule has 0 aromatic heterocycles. The van der Waals surface area contributed by atoms with Crippen molar-refractivity contribution in [1.82, 2.24) is 4.72 Å². The van der Waals surface area contributed by atoms with Crippen LogP contribution in [0.1, 0.15) is 12.0 Å². The van der Waals surface area contributed by atoms with E-state index in [-0.39, 0.29) is 4.90 Å². The lowest BCUT2D eigenvalue weighted by Gasteiger charge is -2.29. The minimum Gasteiger partial charge on any atom is -0.550 e. The summed E-state index contributed by atoms with van der Waals surface area (Å²) in [6.45, 7) is 0.615. The first-order valence-corrected chi connectivity index (χ1v) is 10.3. The molecular formula is C20H26N2O5S. The van der Waals surface area contributed by atoms with Gasteiger partial charge in [-0.05, 0) is 17.7 Å². The molecule has 0 spiro atoms. The Morgan fingerprint density at radius 3 is 2.39 bits per heavy atom. The van der Waals surface area contributed by atoms with E-state index in [1.54, 1.807) is 12.1 Å². The molecular weight excluding hydrogens is 380 g/mol. The average Bonchev–Trinajstić information content (AvgIpc) is 2.58. The second-order valence-electron chi connectivity index (χ2n) is 7.62. The fourth-order valence-corrected chi connectivity index (χ4v) is 4.03. The average molecular weight is 407 g/mol. The molecule has 0 aliphatic rings. The summed E-state index contributed by atoms with van der Waals surface area (Å²) in [4.78, 5) is 11.0. The van der Waals surface area contributed by atoms with Gasteiger partial charge < -0.3 is 19.1 Å². The first kappa shape index (κ1) is 21.9. The normalized spacial score (nSPS) is 13.1. The lowest BCUT2D eigenvalue weighted by Crippen LogP contribution is -2.50. The molecule has 2 aromatic carbocycles. The van der Waals surface area contributed by atoms with E-state index < -0.39 is 28.5 Å². The number of nitrogens with zero attached hydrogens (tertiary/aromatic N) is 1. The van der Waals surface area contributed by atoms with Gasteiger partial charge in [0.05, 0.1) is 38.6 Å². The number of benzene rings is 2. The van der Waals surface area contributed by atoms with Gasteiger partial charge in [-0.25, -0.2) is 13.1 Å². The molecule has 0 saturated carbocycles. The number of sulfonamides is 1. The Morgan fingerprint density at radius 1 is 1.11 bits per heavy atom. The maximum absolute atomic E-state index is 12.7. The molecule has 152 valence electrons. The van der Waals surface area contributed by atoms with E-state index in [0.717, 1.165) is 5.56 Å². The van der Waals surface area contributed by atoms with E-state index in [9.17, 15) is 18.3 Å². The van der Waals surface area contributed by atoms with E-state index in [1.807, 2.05) is 51.5 Å². The van der Waals surface area contributed by atoms with Gasteiger partial charge in [-0.1, -0.05) is 36.4 Å². The maximum atomic E-state index is 12.7. The summed E-state index contributed by atoms with van der Waals surface area (Å²) in [6, 6.07) is 14.9. The maximum Gasteiger partial charge on any atom is 0.241 e. The number of hydrogen-bond acceptors (Lipinski definition) is 5.